The third kappa shape index (κ3) is 6.74. The zero-order chi connectivity index (χ0) is 17.6. The second-order valence-electron chi connectivity index (χ2n) is 6.09. The van der Waals surface area contributed by atoms with E-state index in [1.807, 2.05) is 13.8 Å². The van der Waals surface area contributed by atoms with Gasteiger partial charge in [-0.25, -0.2) is 17.5 Å². The minimum Gasteiger partial charge on any atom is -0.352 e. The van der Waals surface area contributed by atoms with Gasteiger partial charge in [-0.2, -0.15) is 0 Å². The molecule has 3 N–H and O–H groups in total. The van der Waals surface area contributed by atoms with Gasteiger partial charge in [0.15, 0.2) is 0 Å². The normalized spacial score (nSPS) is 19.7. The maximum absolute atomic E-state index is 11.9. The summed E-state index contributed by atoms with van der Waals surface area (Å²) < 4.78 is 24.3. The lowest BCUT2D eigenvalue weighted by Gasteiger charge is -2.30. The summed E-state index contributed by atoms with van der Waals surface area (Å²) in [5.41, 5.74) is 0. The summed E-state index contributed by atoms with van der Waals surface area (Å²) in [7, 11) is -3.17. The number of sulfonamides is 1. The summed E-state index contributed by atoms with van der Waals surface area (Å²) in [6, 6.07) is -1.05. The molecule has 2 atom stereocenters. The van der Waals surface area contributed by atoms with Crippen LogP contribution in [-0.4, -0.2) is 62.1 Å². The van der Waals surface area contributed by atoms with Crippen molar-refractivity contribution < 1.29 is 18.0 Å². The van der Waals surface area contributed by atoms with Gasteiger partial charge in [-0.05, 0) is 33.1 Å². The molecule has 1 rings (SSSR count). The molecule has 0 bridgehead atoms. The molecule has 1 aliphatic rings. The quantitative estimate of drug-likeness (QED) is 0.628. The van der Waals surface area contributed by atoms with Crippen LogP contribution in [-0.2, 0) is 14.8 Å². The Labute approximate surface area is 138 Å². The topological polar surface area (TPSA) is 108 Å². The first kappa shape index (κ1) is 19.7. The van der Waals surface area contributed by atoms with Crippen molar-refractivity contribution in [1.82, 2.24) is 20.3 Å². The lowest BCUT2D eigenvalue weighted by Crippen LogP contribution is -2.53. The number of amides is 3. The third-order valence-electron chi connectivity index (χ3n) is 4.00. The van der Waals surface area contributed by atoms with E-state index in [1.165, 1.54) is 10.6 Å². The van der Waals surface area contributed by atoms with E-state index in [1.54, 1.807) is 6.92 Å². The molecule has 0 unspecified atom stereocenters. The largest absolute Gasteiger partial charge is 0.352 e. The first-order chi connectivity index (χ1) is 10.6. The molecular formula is C14H28N4O4S. The van der Waals surface area contributed by atoms with Gasteiger partial charge in [0.25, 0.3) is 0 Å². The van der Waals surface area contributed by atoms with Gasteiger partial charge in [0.05, 0.1) is 6.26 Å². The molecule has 0 aromatic rings. The van der Waals surface area contributed by atoms with Gasteiger partial charge in [-0.15, -0.1) is 0 Å². The van der Waals surface area contributed by atoms with Gasteiger partial charge < -0.3 is 16.0 Å². The zero-order valence-corrected chi connectivity index (χ0v) is 15.1. The molecule has 1 saturated heterocycles. The van der Waals surface area contributed by atoms with Gasteiger partial charge in [0, 0.05) is 25.2 Å². The van der Waals surface area contributed by atoms with E-state index < -0.39 is 22.1 Å². The molecule has 1 fully saturated rings. The van der Waals surface area contributed by atoms with Gasteiger partial charge in [0.1, 0.15) is 6.04 Å². The SMILES string of the molecule is CC[C@@H](C)NC(=O)[C@H](C)NC(=O)NC1CCN(S(C)(=O)=O)CC1. The predicted octanol–water partition coefficient (Wildman–Crippen LogP) is 0.0128. The molecule has 0 aliphatic carbocycles. The van der Waals surface area contributed by atoms with E-state index in [0.29, 0.717) is 25.9 Å². The Morgan fingerprint density at radius 1 is 1.17 bits per heavy atom. The maximum Gasteiger partial charge on any atom is 0.315 e. The number of rotatable bonds is 6. The van der Waals surface area contributed by atoms with Gasteiger partial charge in [-0.3, -0.25) is 4.79 Å². The molecule has 9 heteroatoms. The fourth-order valence-corrected chi connectivity index (χ4v) is 3.17. The van der Waals surface area contributed by atoms with Crippen molar-refractivity contribution in [2.75, 3.05) is 19.3 Å². The van der Waals surface area contributed by atoms with E-state index in [9.17, 15) is 18.0 Å². The number of nitrogens with one attached hydrogen (secondary N) is 3. The number of urea groups is 1. The number of nitrogens with zero attached hydrogens (tertiary/aromatic N) is 1. The Morgan fingerprint density at radius 3 is 2.22 bits per heavy atom. The van der Waals surface area contributed by atoms with Crippen molar-refractivity contribution in [3.05, 3.63) is 0 Å². The summed E-state index contributed by atoms with van der Waals surface area (Å²) in [4.78, 5) is 23.8. The highest BCUT2D eigenvalue weighted by Gasteiger charge is 2.26. The highest BCUT2D eigenvalue weighted by molar-refractivity contribution is 7.88. The van der Waals surface area contributed by atoms with Crippen LogP contribution < -0.4 is 16.0 Å². The maximum atomic E-state index is 11.9. The first-order valence-corrected chi connectivity index (χ1v) is 9.80. The smallest absolute Gasteiger partial charge is 0.315 e. The Kier molecular flexibility index (Phi) is 7.27. The second kappa shape index (κ2) is 8.49. The van der Waals surface area contributed by atoms with Crippen LogP contribution in [0.3, 0.4) is 0 Å². The monoisotopic (exact) mass is 348 g/mol. The molecule has 1 aliphatic heterocycles. The van der Waals surface area contributed by atoms with Gasteiger partial charge in [0.2, 0.25) is 15.9 Å². The highest BCUT2D eigenvalue weighted by Crippen LogP contribution is 2.12. The van der Waals surface area contributed by atoms with Crippen molar-refractivity contribution in [3.8, 4) is 0 Å². The van der Waals surface area contributed by atoms with Crippen LogP contribution in [0.5, 0.6) is 0 Å². The van der Waals surface area contributed by atoms with Crippen LogP contribution in [0.1, 0.15) is 40.0 Å². The average Bonchev–Trinajstić information content (AvgIpc) is 2.46. The Morgan fingerprint density at radius 2 is 1.74 bits per heavy atom. The van der Waals surface area contributed by atoms with Crippen molar-refractivity contribution in [1.29, 1.82) is 0 Å². The fourth-order valence-electron chi connectivity index (χ4n) is 2.29. The molecule has 0 aromatic heterocycles. The molecule has 0 aromatic carbocycles. The molecule has 0 spiro atoms. The first-order valence-electron chi connectivity index (χ1n) is 7.96. The van der Waals surface area contributed by atoms with Gasteiger partial charge >= 0.3 is 6.03 Å². The van der Waals surface area contributed by atoms with Crippen LogP contribution in [0.2, 0.25) is 0 Å². The summed E-state index contributed by atoms with van der Waals surface area (Å²) >= 11 is 0. The predicted molar refractivity (Wildman–Crippen MR) is 88.5 cm³/mol. The molecule has 23 heavy (non-hydrogen) atoms. The molecule has 1 heterocycles. The van der Waals surface area contributed by atoms with Crippen molar-refractivity contribution in [2.45, 2.75) is 58.2 Å². The highest BCUT2D eigenvalue weighted by atomic mass is 32.2. The van der Waals surface area contributed by atoms with E-state index in [-0.39, 0.29) is 18.0 Å². The Bertz CT molecular complexity index is 515. The lowest BCUT2D eigenvalue weighted by molar-refractivity contribution is -0.123. The third-order valence-corrected chi connectivity index (χ3v) is 5.30. The minimum atomic E-state index is -3.17. The van der Waals surface area contributed by atoms with Crippen LogP contribution in [0, 0.1) is 0 Å². The zero-order valence-electron chi connectivity index (χ0n) is 14.3. The number of hydrogen-bond acceptors (Lipinski definition) is 4. The van der Waals surface area contributed by atoms with E-state index in [0.717, 1.165) is 6.42 Å². The molecule has 134 valence electrons. The van der Waals surface area contributed by atoms with E-state index in [2.05, 4.69) is 16.0 Å². The fraction of sp³-hybridized carbons (Fsp3) is 0.857. The van der Waals surface area contributed by atoms with Crippen LogP contribution >= 0.6 is 0 Å². The van der Waals surface area contributed by atoms with Crippen molar-refractivity contribution >= 4 is 22.0 Å². The molecule has 3 amide bonds. The summed E-state index contributed by atoms with van der Waals surface area (Å²) in [6.45, 7) is 6.30. The number of hydrogen-bond donors (Lipinski definition) is 3. The molecule has 8 nitrogen and oxygen atoms in total. The molecular weight excluding hydrogens is 320 g/mol. The summed E-state index contributed by atoms with van der Waals surface area (Å²) in [5.74, 6) is -0.221. The Balaban J connectivity index is 2.36. The van der Waals surface area contributed by atoms with Crippen LogP contribution in [0.25, 0.3) is 0 Å². The average molecular weight is 348 g/mol. The van der Waals surface area contributed by atoms with Gasteiger partial charge in [-0.1, -0.05) is 6.92 Å². The number of piperidine rings is 1. The van der Waals surface area contributed by atoms with E-state index in [4.69, 9.17) is 0 Å². The summed E-state index contributed by atoms with van der Waals surface area (Å²) in [5, 5.41) is 8.20. The lowest BCUT2D eigenvalue weighted by atomic mass is 10.1. The minimum absolute atomic E-state index is 0.0649. The summed E-state index contributed by atoms with van der Waals surface area (Å²) in [6.07, 6.45) is 3.14. The molecule has 0 radical (unpaired) electrons. The number of carbonyl (C=O) groups excluding carboxylic acids is 2. The van der Waals surface area contributed by atoms with Crippen molar-refractivity contribution in [2.24, 2.45) is 0 Å². The van der Waals surface area contributed by atoms with Crippen LogP contribution in [0.4, 0.5) is 4.79 Å². The van der Waals surface area contributed by atoms with Crippen LogP contribution in [0.15, 0.2) is 0 Å². The second-order valence-corrected chi connectivity index (χ2v) is 8.08. The standard InChI is InChI=1S/C14H28N4O4S/c1-5-10(2)15-13(19)11(3)16-14(20)17-12-6-8-18(9-7-12)23(4,21)22/h10-12H,5-9H2,1-4H3,(H,15,19)(H2,16,17,20)/t10-,11+/m1/s1. The van der Waals surface area contributed by atoms with Crippen molar-refractivity contribution in [3.63, 3.8) is 0 Å². The Hall–Kier alpha value is -1.35. The molecule has 0 saturated carbocycles. The number of carbonyl (C=O) groups is 2. The van der Waals surface area contributed by atoms with E-state index >= 15 is 0 Å².